The van der Waals surface area contributed by atoms with Gasteiger partial charge in [-0.25, -0.2) is 4.79 Å². The minimum atomic E-state index is -1.11. The first-order valence-electron chi connectivity index (χ1n) is 5.25. The third-order valence-corrected chi connectivity index (χ3v) is 2.30. The number of urea groups is 1. The average molecular weight is 245 g/mol. The van der Waals surface area contributed by atoms with Gasteiger partial charge in [0.2, 0.25) is 5.91 Å². The Hall–Kier alpha value is -1.79. The number of rotatable bonds is 5. The maximum Gasteiger partial charge on any atom is 0.325 e. The number of hydrogen-bond donors (Lipinski definition) is 3. The van der Waals surface area contributed by atoms with E-state index in [1.54, 1.807) is 6.92 Å². The zero-order chi connectivity index (χ0) is 13.6. The standard InChI is InChI=1S/C10H19N3O4/c1-6(8(14)11-3)5-13(4)10(17)12-7(2)9(15)16/h6-7H,5H2,1-4H3,(H,11,14)(H,12,17)(H,15,16)/t6?,7-/m1/s1. The molecule has 0 radical (unpaired) electrons. The van der Waals surface area contributed by atoms with E-state index in [9.17, 15) is 14.4 Å². The summed E-state index contributed by atoms with van der Waals surface area (Å²) in [4.78, 5) is 34.6. The highest BCUT2D eigenvalue weighted by Gasteiger charge is 2.20. The Labute approximate surface area is 100 Å². The smallest absolute Gasteiger partial charge is 0.325 e. The van der Waals surface area contributed by atoms with Gasteiger partial charge >= 0.3 is 12.0 Å². The van der Waals surface area contributed by atoms with Crippen LogP contribution < -0.4 is 10.6 Å². The molecular formula is C10H19N3O4. The molecule has 17 heavy (non-hydrogen) atoms. The van der Waals surface area contributed by atoms with Crippen LogP contribution in [0.4, 0.5) is 4.79 Å². The second-order valence-electron chi connectivity index (χ2n) is 3.91. The number of nitrogens with one attached hydrogen (secondary N) is 2. The molecule has 0 aliphatic heterocycles. The fourth-order valence-electron chi connectivity index (χ4n) is 1.18. The fraction of sp³-hybridized carbons (Fsp3) is 0.700. The molecule has 0 aromatic rings. The lowest BCUT2D eigenvalue weighted by atomic mass is 10.1. The molecule has 0 aromatic heterocycles. The molecule has 2 atom stereocenters. The Morgan fingerprint density at radius 2 is 1.82 bits per heavy atom. The summed E-state index contributed by atoms with van der Waals surface area (Å²) in [7, 11) is 3.02. The first-order valence-corrected chi connectivity index (χ1v) is 5.25. The summed E-state index contributed by atoms with van der Waals surface area (Å²) in [5.41, 5.74) is 0. The molecule has 98 valence electrons. The van der Waals surface area contributed by atoms with Crippen molar-refractivity contribution in [2.75, 3.05) is 20.6 Å². The quantitative estimate of drug-likeness (QED) is 0.607. The fourth-order valence-corrected chi connectivity index (χ4v) is 1.18. The van der Waals surface area contributed by atoms with E-state index in [1.165, 1.54) is 25.9 Å². The Morgan fingerprint density at radius 1 is 1.29 bits per heavy atom. The summed E-state index contributed by atoms with van der Waals surface area (Å²) in [5, 5.41) is 13.4. The number of amides is 3. The summed E-state index contributed by atoms with van der Waals surface area (Å²) >= 11 is 0. The zero-order valence-electron chi connectivity index (χ0n) is 10.5. The first-order chi connectivity index (χ1) is 7.79. The van der Waals surface area contributed by atoms with Crippen molar-refractivity contribution in [3.05, 3.63) is 0 Å². The summed E-state index contributed by atoms with van der Waals surface area (Å²) in [6.45, 7) is 3.28. The van der Waals surface area contributed by atoms with Gasteiger partial charge in [-0.1, -0.05) is 6.92 Å². The molecule has 0 fully saturated rings. The monoisotopic (exact) mass is 245 g/mol. The number of aliphatic carboxylic acids is 1. The van der Waals surface area contributed by atoms with Crippen LogP contribution in [0.2, 0.25) is 0 Å². The maximum atomic E-state index is 11.5. The van der Waals surface area contributed by atoms with Crippen molar-refractivity contribution in [2.45, 2.75) is 19.9 Å². The molecular weight excluding hydrogens is 226 g/mol. The van der Waals surface area contributed by atoms with Crippen LogP contribution in [-0.4, -0.2) is 54.6 Å². The number of carbonyl (C=O) groups is 3. The van der Waals surface area contributed by atoms with Crippen molar-refractivity contribution in [2.24, 2.45) is 5.92 Å². The molecule has 7 nitrogen and oxygen atoms in total. The minimum Gasteiger partial charge on any atom is -0.480 e. The lowest BCUT2D eigenvalue weighted by molar-refractivity contribution is -0.138. The van der Waals surface area contributed by atoms with Gasteiger partial charge in [-0.2, -0.15) is 0 Å². The second-order valence-corrected chi connectivity index (χ2v) is 3.91. The van der Waals surface area contributed by atoms with Crippen LogP contribution in [0.3, 0.4) is 0 Å². The topological polar surface area (TPSA) is 98.7 Å². The van der Waals surface area contributed by atoms with Gasteiger partial charge in [0.25, 0.3) is 0 Å². The molecule has 1 unspecified atom stereocenters. The van der Waals surface area contributed by atoms with Crippen molar-refractivity contribution in [1.29, 1.82) is 0 Å². The Kier molecular flexibility index (Phi) is 6.01. The molecule has 0 bridgehead atoms. The van der Waals surface area contributed by atoms with E-state index in [4.69, 9.17) is 5.11 Å². The predicted octanol–water partition coefficient (Wildman–Crippen LogP) is -0.517. The highest BCUT2D eigenvalue weighted by atomic mass is 16.4. The van der Waals surface area contributed by atoms with Crippen LogP contribution in [0.15, 0.2) is 0 Å². The van der Waals surface area contributed by atoms with Crippen molar-refractivity contribution >= 4 is 17.9 Å². The lowest BCUT2D eigenvalue weighted by Crippen LogP contribution is -2.47. The van der Waals surface area contributed by atoms with Crippen molar-refractivity contribution in [3.63, 3.8) is 0 Å². The normalized spacial score (nSPS) is 13.4. The largest absolute Gasteiger partial charge is 0.480 e. The number of carbonyl (C=O) groups excluding carboxylic acids is 2. The van der Waals surface area contributed by atoms with Gasteiger partial charge in [0.1, 0.15) is 6.04 Å². The van der Waals surface area contributed by atoms with Crippen LogP contribution in [-0.2, 0) is 9.59 Å². The molecule has 7 heteroatoms. The van der Waals surface area contributed by atoms with Crippen LogP contribution >= 0.6 is 0 Å². The van der Waals surface area contributed by atoms with Gasteiger partial charge in [0.15, 0.2) is 0 Å². The van der Waals surface area contributed by atoms with Crippen molar-refractivity contribution in [3.8, 4) is 0 Å². The summed E-state index contributed by atoms with van der Waals surface area (Å²) < 4.78 is 0. The molecule has 0 saturated heterocycles. The van der Waals surface area contributed by atoms with Crippen LogP contribution in [0, 0.1) is 5.92 Å². The van der Waals surface area contributed by atoms with E-state index in [1.807, 2.05) is 0 Å². The van der Waals surface area contributed by atoms with Crippen molar-refractivity contribution < 1.29 is 19.5 Å². The summed E-state index contributed by atoms with van der Waals surface area (Å²) in [6.07, 6.45) is 0. The van der Waals surface area contributed by atoms with Gasteiger partial charge in [-0.05, 0) is 6.92 Å². The number of nitrogens with zero attached hydrogens (tertiary/aromatic N) is 1. The number of hydrogen-bond acceptors (Lipinski definition) is 3. The van der Waals surface area contributed by atoms with E-state index in [-0.39, 0.29) is 18.4 Å². The molecule has 0 heterocycles. The zero-order valence-corrected chi connectivity index (χ0v) is 10.5. The van der Waals surface area contributed by atoms with E-state index in [0.29, 0.717) is 0 Å². The number of carboxylic acids is 1. The van der Waals surface area contributed by atoms with E-state index < -0.39 is 18.0 Å². The first kappa shape index (κ1) is 15.2. The van der Waals surface area contributed by atoms with Gasteiger partial charge in [-0.3, -0.25) is 9.59 Å². The average Bonchev–Trinajstić information content (AvgIpc) is 2.27. The highest BCUT2D eigenvalue weighted by Crippen LogP contribution is 1.99. The lowest BCUT2D eigenvalue weighted by Gasteiger charge is -2.22. The SMILES string of the molecule is CNC(=O)C(C)CN(C)C(=O)N[C@H](C)C(=O)O. The molecule has 0 aromatic carbocycles. The molecule has 0 spiro atoms. The van der Waals surface area contributed by atoms with E-state index in [2.05, 4.69) is 10.6 Å². The molecule has 3 amide bonds. The van der Waals surface area contributed by atoms with Gasteiger partial charge in [-0.15, -0.1) is 0 Å². The maximum absolute atomic E-state index is 11.5. The summed E-state index contributed by atoms with van der Waals surface area (Å²) in [6, 6.07) is -1.48. The van der Waals surface area contributed by atoms with Crippen LogP contribution in [0.25, 0.3) is 0 Å². The molecule has 0 saturated carbocycles. The highest BCUT2D eigenvalue weighted by molar-refractivity contribution is 5.83. The molecule has 0 aliphatic rings. The van der Waals surface area contributed by atoms with E-state index in [0.717, 1.165) is 0 Å². The molecule has 3 N–H and O–H groups in total. The minimum absolute atomic E-state index is 0.170. The Morgan fingerprint density at radius 3 is 2.24 bits per heavy atom. The predicted molar refractivity (Wildman–Crippen MR) is 61.5 cm³/mol. The molecule has 0 aliphatic carbocycles. The van der Waals surface area contributed by atoms with Gasteiger partial charge in [0, 0.05) is 20.6 Å². The Balaban J connectivity index is 4.23. The van der Waals surface area contributed by atoms with Crippen LogP contribution in [0.5, 0.6) is 0 Å². The molecule has 0 rings (SSSR count). The van der Waals surface area contributed by atoms with Gasteiger partial charge < -0.3 is 20.6 Å². The third-order valence-electron chi connectivity index (χ3n) is 2.30. The second kappa shape index (κ2) is 6.72. The van der Waals surface area contributed by atoms with Crippen molar-refractivity contribution in [1.82, 2.24) is 15.5 Å². The van der Waals surface area contributed by atoms with Crippen LogP contribution in [0.1, 0.15) is 13.8 Å². The van der Waals surface area contributed by atoms with Gasteiger partial charge in [0.05, 0.1) is 5.92 Å². The summed E-state index contributed by atoms with van der Waals surface area (Å²) in [5.74, 6) is -1.63. The van der Waals surface area contributed by atoms with E-state index >= 15 is 0 Å². The number of carboxylic acid groups (broad SMARTS) is 1. The third kappa shape index (κ3) is 5.19. The Bertz CT molecular complexity index is 306.